The first kappa shape index (κ1) is 14.7. The molecule has 112 valence electrons. The quantitative estimate of drug-likeness (QED) is 0.671. The number of amides is 2. The van der Waals surface area contributed by atoms with Crippen LogP contribution in [-0.2, 0) is 10.1 Å². The summed E-state index contributed by atoms with van der Waals surface area (Å²) >= 11 is 5.98. The number of fused-ring (bicyclic) bond motifs is 1. The molecule has 22 heavy (non-hydrogen) atoms. The third-order valence-corrected chi connectivity index (χ3v) is 4.42. The molecule has 0 saturated heterocycles. The Kier molecular flexibility index (Phi) is 3.28. The minimum atomic E-state index is -4.48. The third-order valence-electron chi connectivity index (χ3n) is 3.25. The first-order valence-electron chi connectivity index (χ1n) is 6.05. The second-order valence-electron chi connectivity index (χ2n) is 4.58. The Morgan fingerprint density at radius 3 is 2.00 bits per heavy atom. The Morgan fingerprint density at radius 2 is 1.50 bits per heavy atom. The zero-order valence-corrected chi connectivity index (χ0v) is 12.4. The largest absolute Gasteiger partial charge is 0.294 e. The highest BCUT2D eigenvalue weighted by atomic mass is 35.5. The van der Waals surface area contributed by atoms with E-state index in [2.05, 4.69) is 0 Å². The van der Waals surface area contributed by atoms with Crippen molar-refractivity contribution in [3.8, 4) is 0 Å². The van der Waals surface area contributed by atoms with Gasteiger partial charge in [-0.1, -0.05) is 23.7 Å². The maximum absolute atomic E-state index is 12.4. The maximum Gasteiger partial charge on any atom is 0.294 e. The smallest absolute Gasteiger partial charge is 0.282 e. The summed E-state index contributed by atoms with van der Waals surface area (Å²) < 4.78 is 31.5. The van der Waals surface area contributed by atoms with Gasteiger partial charge in [0.1, 0.15) is 0 Å². The van der Waals surface area contributed by atoms with Gasteiger partial charge in [0.05, 0.1) is 26.7 Å². The number of carbonyl (C=O) groups is 2. The fraction of sp³-hybridized carbons (Fsp3) is 0. The SMILES string of the molecule is O=C1c2ccccc2C(=O)N1c1cc(S(=O)(=O)O)ccc1Cl. The van der Waals surface area contributed by atoms with Crippen LogP contribution in [0.3, 0.4) is 0 Å². The number of benzene rings is 2. The molecule has 1 aliphatic rings. The lowest BCUT2D eigenvalue weighted by Gasteiger charge is -2.16. The molecule has 0 unspecified atom stereocenters. The molecule has 0 bridgehead atoms. The van der Waals surface area contributed by atoms with Crippen molar-refractivity contribution in [2.45, 2.75) is 4.90 Å². The van der Waals surface area contributed by atoms with E-state index in [-0.39, 0.29) is 21.8 Å². The number of hydrogen-bond donors (Lipinski definition) is 1. The van der Waals surface area contributed by atoms with Crippen LogP contribution in [0.1, 0.15) is 20.7 Å². The van der Waals surface area contributed by atoms with Crippen LogP contribution in [0.4, 0.5) is 5.69 Å². The van der Waals surface area contributed by atoms with Gasteiger partial charge in [0, 0.05) is 0 Å². The van der Waals surface area contributed by atoms with E-state index in [1.165, 1.54) is 18.2 Å². The Bertz CT molecular complexity index is 888. The van der Waals surface area contributed by atoms with Gasteiger partial charge >= 0.3 is 0 Å². The average Bonchev–Trinajstić information content (AvgIpc) is 2.71. The zero-order chi connectivity index (χ0) is 16.1. The predicted molar refractivity (Wildman–Crippen MR) is 78.8 cm³/mol. The van der Waals surface area contributed by atoms with E-state index in [9.17, 15) is 18.0 Å². The molecule has 8 heteroatoms. The van der Waals surface area contributed by atoms with Gasteiger partial charge < -0.3 is 0 Å². The van der Waals surface area contributed by atoms with Gasteiger partial charge in [0.2, 0.25) is 0 Å². The normalized spacial score (nSPS) is 14.4. The summed E-state index contributed by atoms with van der Waals surface area (Å²) in [6.45, 7) is 0. The Morgan fingerprint density at radius 1 is 0.955 bits per heavy atom. The van der Waals surface area contributed by atoms with Crippen LogP contribution < -0.4 is 4.90 Å². The van der Waals surface area contributed by atoms with Gasteiger partial charge in [-0.05, 0) is 30.3 Å². The van der Waals surface area contributed by atoms with Gasteiger partial charge in [-0.15, -0.1) is 0 Å². The molecule has 2 aromatic carbocycles. The lowest BCUT2D eigenvalue weighted by Crippen LogP contribution is -2.29. The summed E-state index contributed by atoms with van der Waals surface area (Å²) in [6, 6.07) is 9.49. The fourth-order valence-electron chi connectivity index (χ4n) is 2.23. The summed E-state index contributed by atoms with van der Waals surface area (Å²) in [7, 11) is -4.48. The molecule has 0 spiro atoms. The first-order chi connectivity index (χ1) is 10.3. The monoisotopic (exact) mass is 337 g/mol. The third kappa shape index (κ3) is 2.19. The first-order valence-corrected chi connectivity index (χ1v) is 7.87. The standard InChI is InChI=1S/C14H8ClNO5S/c15-11-6-5-8(22(19,20)21)7-12(11)16-13(17)9-3-1-2-4-10(9)14(16)18/h1-7H,(H,19,20,21). The zero-order valence-electron chi connectivity index (χ0n) is 10.9. The number of nitrogens with zero attached hydrogens (tertiary/aromatic N) is 1. The lowest BCUT2D eigenvalue weighted by molar-refractivity contribution is 0.0926. The summed E-state index contributed by atoms with van der Waals surface area (Å²) in [5, 5.41) is 0.0157. The molecule has 3 rings (SSSR count). The van der Waals surface area contributed by atoms with Gasteiger partial charge in [-0.2, -0.15) is 8.42 Å². The van der Waals surface area contributed by atoms with Crippen molar-refractivity contribution in [3.63, 3.8) is 0 Å². The maximum atomic E-state index is 12.4. The van der Waals surface area contributed by atoms with E-state index in [4.69, 9.17) is 16.2 Å². The molecule has 0 saturated carbocycles. The molecule has 2 amide bonds. The minimum absolute atomic E-state index is 0.0157. The Balaban J connectivity index is 2.18. The molecule has 2 aromatic rings. The van der Waals surface area contributed by atoms with E-state index in [0.29, 0.717) is 0 Å². The van der Waals surface area contributed by atoms with E-state index in [1.807, 2.05) is 0 Å². The van der Waals surface area contributed by atoms with Crippen molar-refractivity contribution >= 4 is 39.2 Å². The van der Waals surface area contributed by atoms with Crippen molar-refractivity contribution in [2.75, 3.05) is 4.90 Å². The number of anilines is 1. The van der Waals surface area contributed by atoms with Crippen molar-refractivity contribution in [2.24, 2.45) is 0 Å². The summed E-state index contributed by atoms with van der Waals surface area (Å²) in [5.74, 6) is -1.20. The minimum Gasteiger partial charge on any atom is -0.282 e. The molecule has 0 radical (unpaired) electrons. The fourth-order valence-corrected chi connectivity index (χ4v) is 2.93. The molecule has 0 aliphatic carbocycles. The molecular weight excluding hydrogens is 330 g/mol. The van der Waals surface area contributed by atoms with Crippen LogP contribution in [0, 0.1) is 0 Å². The number of hydrogen-bond acceptors (Lipinski definition) is 4. The number of rotatable bonds is 2. The van der Waals surface area contributed by atoms with E-state index >= 15 is 0 Å². The molecule has 6 nitrogen and oxygen atoms in total. The van der Waals surface area contributed by atoms with Crippen LogP contribution in [0.2, 0.25) is 5.02 Å². The molecule has 0 fully saturated rings. The van der Waals surface area contributed by atoms with E-state index in [1.54, 1.807) is 12.1 Å². The molecule has 1 aliphatic heterocycles. The molecular formula is C14H8ClNO5S. The second-order valence-corrected chi connectivity index (χ2v) is 6.41. The van der Waals surface area contributed by atoms with Crippen LogP contribution in [0.25, 0.3) is 0 Å². The summed E-state index contributed by atoms with van der Waals surface area (Å²) in [6.07, 6.45) is 0. The van der Waals surface area contributed by atoms with Crippen molar-refractivity contribution in [1.82, 2.24) is 0 Å². The van der Waals surface area contributed by atoms with E-state index < -0.39 is 26.8 Å². The lowest BCUT2D eigenvalue weighted by atomic mass is 10.1. The number of carbonyl (C=O) groups excluding carboxylic acids is 2. The highest BCUT2D eigenvalue weighted by Gasteiger charge is 2.37. The van der Waals surface area contributed by atoms with Gasteiger partial charge in [-0.25, -0.2) is 4.90 Å². The highest BCUT2D eigenvalue weighted by molar-refractivity contribution is 7.85. The van der Waals surface area contributed by atoms with Gasteiger partial charge in [0.15, 0.2) is 0 Å². The second kappa shape index (κ2) is 4.91. The highest BCUT2D eigenvalue weighted by Crippen LogP contribution is 2.34. The van der Waals surface area contributed by atoms with Crippen LogP contribution in [0.5, 0.6) is 0 Å². The van der Waals surface area contributed by atoms with E-state index in [0.717, 1.165) is 17.0 Å². The van der Waals surface area contributed by atoms with Gasteiger partial charge in [0.25, 0.3) is 21.9 Å². The average molecular weight is 338 g/mol. The molecule has 1 heterocycles. The summed E-state index contributed by atoms with van der Waals surface area (Å²) in [4.78, 5) is 25.0. The predicted octanol–water partition coefficient (Wildman–Crippen LogP) is 2.39. The van der Waals surface area contributed by atoms with Crippen molar-refractivity contribution in [1.29, 1.82) is 0 Å². The molecule has 0 aromatic heterocycles. The summed E-state index contributed by atoms with van der Waals surface area (Å²) in [5.41, 5.74) is 0.324. The number of imide groups is 1. The van der Waals surface area contributed by atoms with Crippen LogP contribution in [-0.4, -0.2) is 24.8 Å². The Hall–Kier alpha value is -2.22. The van der Waals surface area contributed by atoms with Crippen LogP contribution in [0.15, 0.2) is 47.4 Å². The molecule has 1 N–H and O–H groups in total. The number of halogens is 1. The Labute approximate surface area is 130 Å². The van der Waals surface area contributed by atoms with Crippen molar-refractivity contribution in [3.05, 3.63) is 58.6 Å². The van der Waals surface area contributed by atoms with Crippen LogP contribution >= 0.6 is 11.6 Å². The topological polar surface area (TPSA) is 91.8 Å². The molecule has 0 atom stereocenters. The van der Waals surface area contributed by atoms with Gasteiger partial charge in [-0.3, -0.25) is 14.1 Å². The van der Waals surface area contributed by atoms with Crippen molar-refractivity contribution < 1.29 is 22.6 Å².